The summed E-state index contributed by atoms with van der Waals surface area (Å²) in [4.78, 5) is 10.9. The minimum Gasteiger partial charge on any atom is -0.318 e. The van der Waals surface area contributed by atoms with Crippen LogP contribution < -0.4 is 5.73 Å². The number of carbonyl (C=O) groups is 1. The molecule has 1 atom stereocenters. The Labute approximate surface area is 60.4 Å². The quantitative estimate of drug-likeness (QED) is 0.580. The van der Waals surface area contributed by atoms with Gasteiger partial charge in [-0.1, -0.05) is 19.1 Å². The van der Waals surface area contributed by atoms with E-state index >= 15 is 0 Å². The number of ketones is 1. The molecule has 54 valence electrons. The summed E-state index contributed by atoms with van der Waals surface area (Å²) in [6.45, 7) is 2.01. The summed E-state index contributed by atoms with van der Waals surface area (Å²) in [6.07, 6.45) is 6.16. The Kier molecular flexibility index (Phi) is 2.02. The highest BCUT2D eigenvalue weighted by Gasteiger charge is 2.10. The highest BCUT2D eigenvalue weighted by molar-refractivity contribution is 5.97. The van der Waals surface area contributed by atoms with Crippen LogP contribution in [0.5, 0.6) is 0 Å². The van der Waals surface area contributed by atoms with Gasteiger partial charge in [0, 0.05) is 0 Å². The maximum Gasteiger partial charge on any atom is 0.176 e. The zero-order chi connectivity index (χ0) is 7.56. The topological polar surface area (TPSA) is 43.1 Å². The van der Waals surface area contributed by atoms with Gasteiger partial charge in [0.25, 0.3) is 0 Å². The van der Waals surface area contributed by atoms with Crippen LogP contribution in [-0.4, -0.2) is 11.8 Å². The summed E-state index contributed by atoms with van der Waals surface area (Å²) in [6, 6.07) is -0.407. The average molecular weight is 137 g/mol. The number of hydrogen-bond acceptors (Lipinski definition) is 2. The Balaban J connectivity index is 2.76. The second-order valence-corrected chi connectivity index (χ2v) is 2.36. The zero-order valence-electron chi connectivity index (χ0n) is 6.00. The molecular formula is C8H11NO. The van der Waals surface area contributed by atoms with Crippen molar-refractivity contribution >= 4 is 5.78 Å². The van der Waals surface area contributed by atoms with Gasteiger partial charge in [-0.25, -0.2) is 0 Å². The zero-order valence-corrected chi connectivity index (χ0v) is 6.00. The third kappa shape index (κ3) is 1.33. The first kappa shape index (κ1) is 7.22. The molecule has 0 heterocycles. The molecule has 1 aliphatic carbocycles. The van der Waals surface area contributed by atoms with Crippen LogP contribution in [0, 0.1) is 0 Å². The number of carbonyl (C=O) groups excluding carboxylic acids is 1. The Morgan fingerprint density at radius 1 is 1.70 bits per heavy atom. The molecule has 0 saturated heterocycles. The van der Waals surface area contributed by atoms with Crippen molar-refractivity contribution in [1.29, 1.82) is 0 Å². The summed E-state index contributed by atoms with van der Waals surface area (Å²) >= 11 is 0. The largest absolute Gasteiger partial charge is 0.318 e. The molecule has 0 aromatic heterocycles. The fourth-order valence-electron chi connectivity index (χ4n) is 0.869. The van der Waals surface area contributed by atoms with Crippen LogP contribution in [-0.2, 0) is 4.79 Å². The van der Waals surface area contributed by atoms with Crippen molar-refractivity contribution in [3.63, 3.8) is 0 Å². The Hall–Kier alpha value is -0.890. The average Bonchev–Trinajstić information content (AvgIpc) is 1.95. The van der Waals surface area contributed by atoms with E-state index < -0.39 is 6.04 Å². The highest BCUT2D eigenvalue weighted by Crippen LogP contribution is 2.08. The van der Waals surface area contributed by atoms with E-state index in [0.717, 1.165) is 12.0 Å². The van der Waals surface area contributed by atoms with Gasteiger partial charge in [0.2, 0.25) is 0 Å². The molecule has 0 spiro atoms. The van der Waals surface area contributed by atoms with Crippen molar-refractivity contribution in [3.8, 4) is 0 Å². The van der Waals surface area contributed by atoms with Gasteiger partial charge < -0.3 is 5.73 Å². The third-order valence-corrected chi connectivity index (χ3v) is 1.58. The SMILES string of the molecule is CCC1=CC(=O)C(N)C=C1. The molecule has 2 heteroatoms. The van der Waals surface area contributed by atoms with E-state index in [1.54, 1.807) is 12.2 Å². The smallest absolute Gasteiger partial charge is 0.176 e. The minimum atomic E-state index is -0.407. The van der Waals surface area contributed by atoms with E-state index in [-0.39, 0.29) is 5.78 Å². The number of nitrogens with two attached hydrogens (primary N) is 1. The lowest BCUT2D eigenvalue weighted by Gasteiger charge is -2.08. The molecular weight excluding hydrogens is 126 g/mol. The monoisotopic (exact) mass is 137 g/mol. The van der Waals surface area contributed by atoms with E-state index in [1.807, 2.05) is 13.0 Å². The molecule has 0 radical (unpaired) electrons. The van der Waals surface area contributed by atoms with Crippen LogP contribution in [0.25, 0.3) is 0 Å². The predicted molar refractivity (Wildman–Crippen MR) is 40.5 cm³/mol. The van der Waals surface area contributed by atoms with Crippen molar-refractivity contribution in [2.75, 3.05) is 0 Å². The van der Waals surface area contributed by atoms with Gasteiger partial charge in [-0.2, -0.15) is 0 Å². The fraction of sp³-hybridized carbons (Fsp3) is 0.375. The lowest BCUT2D eigenvalue weighted by atomic mass is 10.0. The molecule has 0 aromatic carbocycles. The van der Waals surface area contributed by atoms with Crippen molar-refractivity contribution in [2.45, 2.75) is 19.4 Å². The molecule has 2 nitrogen and oxygen atoms in total. The van der Waals surface area contributed by atoms with Crippen LogP contribution in [0.3, 0.4) is 0 Å². The van der Waals surface area contributed by atoms with Crippen LogP contribution in [0.4, 0.5) is 0 Å². The number of hydrogen-bond donors (Lipinski definition) is 1. The van der Waals surface area contributed by atoms with Crippen molar-refractivity contribution in [3.05, 3.63) is 23.8 Å². The normalized spacial score (nSPS) is 24.8. The maximum absolute atomic E-state index is 10.9. The van der Waals surface area contributed by atoms with Crippen LogP contribution in [0.1, 0.15) is 13.3 Å². The summed E-state index contributed by atoms with van der Waals surface area (Å²) in [7, 11) is 0. The Bertz CT molecular complexity index is 203. The molecule has 0 amide bonds. The van der Waals surface area contributed by atoms with Gasteiger partial charge in [-0.05, 0) is 18.1 Å². The van der Waals surface area contributed by atoms with Gasteiger partial charge in [-0.15, -0.1) is 0 Å². The summed E-state index contributed by atoms with van der Waals surface area (Å²) in [5.74, 6) is 0.0133. The molecule has 10 heavy (non-hydrogen) atoms. The third-order valence-electron chi connectivity index (χ3n) is 1.58. The lowest BCUT2D eigenvalue weighted by molar-refractivity contribution is -0.115. The predicted octanol–water partition coefficient (Wildman–Crippen LogP) is 0.789. The molecule has 1 rings (SSSR count). The highest BCUT2D eigenvalue weighted by atomic mass is 16.1. The maximum atomic E-state index is 10.9. The van der Waals surface area contributed by atoms with Gasteiger partial charge in [-0.3, -0.25) is 4.79 Å². The first-order valence-corrected chi connectivity index (χ1v) is 3.42. The summed E-state index contributed by atoms with van der Waals surface area (Å²) in [5.41, 5.74) is 6.48. The molecule has 0 aromatic rings. The summed E-state index contributed by atoms with van der Waals surface area (Å²) in [5, 5.41) is 0. The second-order valence-electron chi connectivity index (χ2n) is 2.36. The Morgan fingerprint density at radius 3 is 2.90 bits per heavy atom. The van der Waals surface area contributed by atoms with Crippen molar-refractivity contribution in [1.82, 2.24) is 0 Å². The number of allylic oxidation sites excluding steroid dienone is 2. The molecule has 0 bridgehead atoms. The number of rotatable bonds is 1. The molecule has 2 N–H and O–H groups in total. The van der Waals surface area contributed by atoms with E-state index in [9.17, 15) is 4.79 Å². The molecule has 1 aliphatic rings. The fourth-order valence-corrected chi connectivity index (χ4v) is 0.869. The van der Waals surface area contributed by atoms with Crippen LogP contribution in [0.2, 0.25) is 0 Å². The van der Waals surface area contributed by atoms with Crippen molar-refractivity contribution < 1.29 is 4.79 Å². The first-order valence-electron chi connectivity index (χ1n) is 3.42. The first-order chi connectivity index (χ1) is 4.74. The van der Waals surface area contributed by atoms with Crippen LogP contribution in [0.15, 0.2) is 23.8 Å². The van der Waals surface area contributed by atoms with Gasteiger partial charge in [0.1, 0.15) is 0 Å². The van der Waals surface area contributed by atoms with Crippen molar-refractivity contribution in [2.24, 2.45) is 5.73 Å². The Morgan fingerprint density at radius 2 is 2.40 bits per heavy atom. The van der Waals surface area contributed by atoms with Gasteiger partial charge >= 0.3 is 0 Å². The second kappa shape index (κ2) is 2.80. The molecule has 0 aliphatic heterocycles. The summed E-state index contributed by atoms with van der Waals surface area (Å²) < 4.78 is 0. The van der Waals surface area contributed by atoms with Gasteiger partial charge in [0.15, 0.2) is 5.78 Å². The molecule has 0 fully saturated rings. The van der Waals surface area contributed by atoms with E-state index in [1.165, 1.54) is 0 Å². The molecule has 1 unspecified atom stereocenters. The van der Waals surface area contributed by atoms with E-state index in [2.05, 4.69) is 0 Å². The lowest BCUT2D eigenvalue weighted by Crippen LogP contribution is -2.28. The molecule has 0 saturated carbocycles. The minimum absolute atomic E-state index is 0.0133. The van der Waals surface area contributed by atoms with E-state index in [4.69, 9.17) is 5.73 Å². The van der Waals surface area contributed by atoms with Crippen LogP contribution >= 0.6 is 0 Å². The van der Waals surface area contributed by atoms with Gasteiger partial charge in [0.05, 0.1) is 6.04 Å². The van der Waals surface area contributed by atoms with E-state index in [0.29, 0.717) is 0 Å². The standard InChI is InChI=1S/C8H11NO/c1-2-6-3-4-7(9)8(10)5-6/h3-5,7H,2,9H2,1H3.